The lowest BCUT2D eigenvalue weighted by molar-refractivity contribution is -0.143. The summed E-state index contributed by atoms with van der Waals surface area (Å²) < 4.78 is 0. The predicted molar refractivity (Wildman–Crippen MR) is 112 cm³/mol. The second kappa shape index (κ2) is 20.6. The summed E-state index contributed by atoms with van der Waals surface area (Å²) in [5.74, 6) is -6.79. The van der Waals surface area contributed by atoms with Gasteiger partial charge in [0.1, 0.15) is 0 Å². The molecule has 0 spiro atoms. The molecule has 0 atom stereocenters. The molecule has 14 nitrogen and oxygen atoms in total. The Balaban J connectivity index is -0.000000391. The summed E-state index contributed by atoms with van der Waals surface area (Å²) in [6.07, 6.45) is 0.738. The minimum absolute atomic E-state index is 0.0833. The summed E-state index contributed by atoms with van der Waals surface area (Å²) in [6, 6.07) is 5.02. The van der Waals surface area contributed by atoms with Crippen LogP contribution in [0.2, 0.25) is 0 Å². The van der Waals surface area contributed by atoms with Crippen LogP contribution in [0, 0.1) is 0 Å². The molecule has 0 aromatic heterocycles. The van der Waals surface area contributed by atoms with Crippen molar-refractivity contribution < 1.29 is 69.6 Å². The van der Waals surface area contributed by atoms with Crippen LogP contribution in [0.25, 0.3) is 0 Å². The summed E-state index contributed by atoms with van der Waals surface area (Å²) >= 11 is 0. The number of aromatic carboxylic acids is 2. The summed E-state index contributed by atoms with van der Waals surface area (Å²) in [7, 11) is 0. The van der Waals surface area contributed by atoms with Gasteiger partial charge in [-0.05, 0) is 30.7 Å². The van der Waals surface area contributed by atoms with Gasteiger partial charge in [0.2, 0.25) is 0 Å². The van der Waals surface area contributed by atoms with E-state index in [0.717, 1.165) is 6.42 Å². The van der Waals surface area contributed by atoms with E-state index in [1.54, 1.807) is 0 Å². The fraction of sp³-hybridized carbons (Fsp3) is 0.300. The number of aliphatic hydroxyl groups excluding tert-OH is 1. The number of carboxylic acid groups (broad SMARTS) is 6. The molecule has 0 aliphatic rings. The maximum absolute atomic E-state index is 10.3. The van der Waals surface area contributed by atoms with E-state index < -0.39 is 42.1 Å². The first-order valence-electron chi connectivity index (χ1n) is 9.14. The molecule has 1 aromatic carbocycles. The molecule has 34 heavy (non-hydrogen) atoms. The topological polar surface area (TPSA) is 264 Å². The zero-order valence-corrected chi connectivity index (χ0v) is 17.9. The molecular weight excluding hydrogens is 464 g/mol. The Morgan fingerprint density at radius 1 is 0.676 bits per heavy atom. The van der Waals surface area contributed by atoms with Crippen molar-refractivity contribution in [2.24, 2.45) is 0 Å². The summed E-state index contributed by atoms with van der Waals surface area (Å²) in [6.45, 7) is 1.90. The highest BCUT2D eigenvalue weighted by molar-refractivity contribution is 5.91. The maximum Gasteiger partial charge on any atom is 0.335 e. The van der Waals surface area contributed by atoms with E-state index >= 15 is 0 Å². The number of aliphatic hydroxyl groups is 2. The van der Waals surface area contributed by atoms with Crippen LogP contribution in [-0.4, -0.2) is 83.0 Å². The molecule has 0 saturated carbocycles. The molecule has 190 valence electrons. The van der Waals surface area contributed by atoms with Crippen LogP contribution < -0.4 is 0 Å². The highest BCUT2D eigenvalue weighted by Crippen LogP contribution is 2.03. The van der Waals surface area contributed by atoms with Crippen LogP contribution in [-0.2, 0) is 19.2 Å². The van der Waals surface area contributed by atoms with Crippen LogP contribution in [0.4, 0.5) is 0 Å². The molecule has 1 aromatic rings. The molecule has 0 radical (unpaired) electrons. The van der Waals surface area contributed by atoms with E-state index in [-0.39, 0.29) is 24.0 Å². The molecule has 0 fully saturated rings. The highest BCUT2D eigenvalue weighted by Gasteiger charge is 2.05. The van der Waals surface area contributed by atoms with E-state index in [0.29, 0.717) is 18.6 Å². The van der Waals surface area contributed by atoms with Gasteiger partial charge in [-0.3, -0.25) is 9.59 Å². The Hall–Kier alpha value is -4.30. The molecule has 0 bridgehead atoms. The molecule has 0 aliphatic carbocycles. The van der Waals surface area contributed by atoms with E-state index in [4.69, 9.17) is 40.9 Å². The molecule has 8 N–H and O–H groups in total. The molecule has 14 heteroatoms. The smallest absolute Gasteiger partial charge is 0.335 e. The van der Waals surface area contributed by atoms with Crippen molar-refractivity contribution in [3.8, 4) is 0 Å². The van der Waals surface area contributed by atoms with Crippen LogP contribution in [0.3, 0.4) is 0 Å². The van der Waals surface area contributed by atoms with Gasteiger partial charge in [0.15, 0.2) is 6.29 Å². The largest absolute Gasteiger partial charge is 0.481 e. The lowest BCUT2D eigenvalue weighted by Crippen LogP contribution is -2.01. The van der Waals surface area contributed by atoms with E-state index in [1.165, 1.54) is 24.3 Å². The van der Waals surface area contributed by atoms with Crippen molar-refractivity contribution in [3.05, 3.63) is 47.5 Å². The summed E-state index contributed by atoms with van der Waals surface area (Å²) in [5, 5.41) is 64.6. The fourth-order valence-corrected chi connectivity index (χ4v) is 1.37. The Morgan fingerprint density at radius 3 is 1.09 bits per heavy atom. The van der Waals surface area contributed by atoms with E-state index in [1.807, 2.05) is 6.92 Å². The number of hydrogen-bond donors (Lipinski definition) is 8. The van der Waals surface area contributed by atoms with Gasteiger partial charge in [-0.25, -0.2) is 19.2 Å². The van der Waals surface area contributed by atoms with Gasteiger partial charge in [0, 0.05) is 12.2 Å². The number of carbonyl (C=O) groups is 6. The predicted octanol–water partition coefficient (Wildman–Crippen LogP) is 0.828. The van der Waals surface area contributed by atoms with Gasteiger partial charge >= 0.3 is 35.8 Å². The van der Waals surface area contributed by atoms with Gasteiger partial charge in [0.25, 0.3) is 0 Å². The fourth-order valence-electron chi connectivity index (χ4n) is 1.37. The van der Waals surface area contributed by atoms with Crippen LogP contribution in [0.5, 0.6) is 0 Å². The Labute approximate surface area is 192 Å². The minimum atomic E-state index is -1.26. The van der Waals surface area contributed by atoms with Crippen molar-refractivity contribution in [2.45, 2.75) is 38.9 Å². The summed E-state index contributed by atoms with van der Waals surface area (Å²) in [4.78, 5) is 59.1. The third kappa shape index (κ3) is 27.7. The van der Waals surface area contributed by atoms with Crippen molar-refractivity contribution in [1.82, 2.24) is 0 Å². The monoisotopic (exact) mass is 490 g/mol. The number of aliphatic carboxylic acids is 4. The first-order chi connectivity index (χ1) is 15.6. The molecule has 0 unspecified atom stereocenters. The van der Waals surface area contributed by atoms with Gasteiger partial charge in [-0.2, -0.15) is 0 Å². The second-order valence-electron chi connectivity index (χ2n) is 5.75. The van der Waals surface area contributed by atoms with Crippen LogP contribution >= 0.6 is 0 Å². The average Bonchev–Trinajstić information content (AvgIpc) is 2.72. The first-order valence-corrected chi connectivity index (χ1v) is 9.14. The second-order valence-corrected chi connectivity index (χ2v) is 5.75. The molecule has 1 rings (SSSR count). The molecule has 0 saturated heterocycles. The molecule has 0 amide bonds. The minimum Gasteiger partial charge on any atom is -0.481 e. The quantitative estimate of drug-likeness (QED) is 0.176. The van der Waals surface area contributed by atoms with Crippen molar-refractivity contribution in [2.75, 3.05) is 0 Å². The van der Waals surface area contributed by atoms with Crippen molar-refractivity contribution in [3.63, 3.8) is 0 Å². The number of rotatable bonds is 9. The highest BCUT2D eigenvalue weighted by atomic mass is 16.5. The first kappa shape index (κ1) is 34.3. The van der Waals surface area contributed by atoms with Crippen LogP contribution in [0.1, 0.15) is 53.3 Å². The van der Waals surface area contributed by atoms with Gasteiger partial charge in [0.05, 0.1) is 24.0 Å². The van der Waals surface area contributed by atoms with Gasteiger partial charge in [-0.1, -0.05) is 13.3 Å². The van der Waals surface area contributed by atoms with Gasteiger partial charge < -0.3 is 40.9 Å². The Kier molecular flexibility index (Phi) is 20.8. The van der Waals surface area contributed by atoms with Crippen molar-refractivity contribution >= 4 is 35.8 Å². The average molecular weight is 490 g/mol. The van der Waals surface area contributed by atoms with Crippen LogP contribution in [0.15, 0.2) is 36.4 Å². The Bertz CT molecular complexity index is 761. The number of benzene rings is 1. The SMILES string of the molecule is CCCC(O)O.O=C(O)/C=C\C(=O)O.O=C(O)CCC(=O)O.O=C(O)c1ccc(C(=O)O)cc1. The molecular formula is C20H26O14. The van der Waals surface area contributed by atoms with Crippen molar-refractivity contribution in [1.29, 1.82) is 0 Å². The standard InChI is InChI=1S/C8H6O4.C4H6O4.C4H4O4.C4H10O2/c9-7(10)5-1-2-6(4-3-5)8(11)12;2*5-3(6)1-2-4(7)8;1-2-3-4(5)6/h1-4H,(H,9,10)(H,11,12);1-2H2,(H,5,6)(H,7,8);1-2H,(H,5,6)(H,7,8);4-6H,2-3H2,1H3/b;;2-1-;. The van der Waals surface area contributed by atoms with E-state index in [2.05, 4.69) is 0 Å². The lowest BCUT2D eigenvalue weighted by atomic mass is 10.1. The van der Waals surface area contributed by atoms with E-state index in [9.17, 15) is 28.8 Å². The number of carboxylic acids is 6. The molecule has 0 heterocycles. The maximum atomic E-state index is 10.3. The zero-order chi connectivity index (χ0) is 27.3. The summed E-state index contributed by atoms with van der Waals surface area (Å²) in [5.41, 5.74) is 0.167. The Morgan fingerprint density at radius 2 is 0.971 bits per heavy atom. The number of hydrogen-bond acceptors (Lipinski definition) is 8. The zero-order valence-electron chi connectivity index (χ0n) is 17.9. The lowest BCUT2D eigenvalue weighted by Gasteiger charge is -1.94. The van der Waals surface area contributed by atoms with Gasteiger partial charge in [-0.15, -0.1) is 0 Å². The normalized spacial score (nSPS) is 9.29. The third-order valence-corrected chi connectivity index (χ3v) is 2.85. The third-order valence-electron chi connectivity index (χ3n) is 2.85. The molecule has 0 aliphatic heterocycles.